The molecule has 1 atom stereocenters. The molecule has 1 fully saturated rings. The van der Waals surface area contributed by atoms with E-state index in [1.165, 1.54) is 19.1 Å². The summed E-state index contributed by atoms with van der Waals surface area (Å²) in [5.41, 5.74) is 1.98. The van der Waals surface area contributed by atoms with Crippen LogP contribution in [-0.2, 0) is 4.79 Å². The average molecular weight is 380 g/mol. The number of amides is 1. The summed E-state index contributed by atoms with van der Waals surface area (Å²) in [5, 5.41) is 10.6. The highest BCUT2D eigenvalue weighted by Gasteiger charge is 2.44. The van der Waals surface area contributed by atoms with Gasteiger partial charge in [0.1, 0.15) is 0 Å². The van der Waals surface area contributed by atoms with Gasteiger partial charge < -0.3 is 19.3 Å². The van der Waals surface area contributed by atoms with Crippen LogP contribution in [0.2, 0.25) is 0 Å². The molecule has 0 spiro atoms. The maximum atomic E-state index is 13.0. The van der Waals surface area contributed by atoms with E-state index in [1.54, 1.807) is 17.0 Å². The standard InChI is InChI=1S/C22H24N2O4/c1-15-6-8-16(9-7-15)19-18(20(25)17-5-4-14-28-17)21(26)22(27)24(19)13-12-23-10-2-3-11-23/h4-9,14,19,26H,2-3,10-13H2,1H3. The van der Waals surface area contributed by atoms with E-state index in [-0.39, 0.29) is 11.3 Å². The molecule has 4 rings (SSSR count). The molecule has 2 aliphatic heterocycles. The van der Waals surface area contributed by atoms with Gasteiger partial charge in [-0.2, -0.15) is 0 Å². The lowest BCUT2D eigenvalue weighted by Gasteiger charge is -2.28. The molecule has 6 heteroatoms. The Labute approximate surface area is 164 Å². The summed E-state index contributed by atoms with van der Waals surface area (Å²) >= 11 is 0. The molecule has 6 nitrogen and oxygen atoms in total. The molecule has 1 amide bonds. The molecule has 0 radical (unpaired) electrons. The number of likely N-dealkylation sites (tertiary alicyclic amines) is 1. The Balaban J connectivity index is 1.68. The van der Waals surface area contributed by atoms with Crippen molar-refractivity contribution in [1.29, 1.82) is 0 Å². The van der Waals surface area contributed by atoms with E-state index >= 15 is 0 Å². The van der Waals surface area contributed by atoms with Gasteiger partial charge >= 0.3 is 0 Å². The smallest absolute Gasteiger partial charge is 0.290 e. The fraction of sp³-hybridized carbons (Fsp3) is 0.364. The molecule has 0 aliphatic carbocycles. The summed E-state index contributed by atoms with van der Waals surface area (Å²) in [6.07, 6.45) is 3.75. The minimum Gasteiger partial charge on any atom is -0.503 e. The lowest BCUT2D eigenvalue weighted by atomic mass is 9.94. The first-order chi connectivity index (χ1) is 13.6. The fourth-order valence-corrected chi connectivity index (χ4v) is 4.01. The predicted octanol–water partition coefficient (Wildman–Crippen LogP) is 3.26. The van der Waals surface area contributed by atoms with Crippen LogP contribution in [0.3, 0.4) is 0 Å². The minimum atomic E-state index is -0.617. The lowest BCUT2D eigenvalue weighted by molar-refractivity contribution is -0.129. The maximum absolute atomic E-state index is 13.0. The summed E-state index contributed by atoms with van der Waals surface area (Å²) in [7, 11) is 0. The first-order valence-electron chi connectivity index (χ1n) is 9.67. The molecule has 1 unspecified atom stereocenters. The van der Waals surface area contributed by atoms with E-state index in [0.29, 0.717) is 6.54 Å². The van der Waals surface area contributed by atoms with Crippen LogP contribution in [0.25, 0.3) is 0 Å². The normalized spacial score (nSPS) is 20.4. The van der Waals surface area contributed by atoms with Crippen molar-refractivity contribution >= 4 is 11.7 Å². The van der Waals surface area contributed by atoms with Gasteiger partial charge in [0.2, 0.25) is 5.78 Å². The number of nitrogens with zero attached hydrogens (tertiary/aromatic N) is 2. The second-order valence-corrected chi connectivity index (χ2v) is 7.43. The van der Waals surface area contributed by atoms with Crippen molar-refractivity contribution in [3.63, 3.8) is 0 Å². The minimum absolute atomic E-state index is 0.0882. The monoisotopic (exact) mass is 380 g/mol. The first kappa shape index (κ1) is 18.5. The summed E-state index contributed by atoms with van der Waals surface area (Å²) in [5.74, 6) is -1.31. The molecule has 2 aliphatic rings. The van der Waals surface area contributed by atoms with Gasteiger partial charge in [0.15, 0.2) is 11.5 Å². The molecule has 146 valence electrons. The van der Waals surface area contributed by atoms with Crippen molar-refractivity contribution in [2.75, 3.05) is 26.2 Å². The van der Waals surface area contributed by atoms with Gasteiger partial charge in [-0.3, -0.25) is 9.59 Å². The van der Waals surface area contributed by atoms with Crippen molar-refractivity contribution in [1.82, 2.24) is 9.80 Å². The van der Waals surface area contributed by atoms with Crippen molar-refractivity contribution in [2.45, 2.75) is 25.8 Å². The number of carbonyl (C=O) groups excluding carboxylic acids is 2. The summed E-state index contributed by atoms with van der Waals surface area (Å²) < 4.78 is 5.24. The van der Waals surface area contributed by atoms with E-state index < -0.39 is 23.5 Å². The van der Waals surface area contributed by atoms with Crippen LogP contribution >= 0.6 is 0 Å². The third-order valence-electron chi connectivity index (χ3n) is 5.54. The average Bonchev–Trinajstić information content (AvgIpc) is 3.44. The molecule has 28 heavy (non-hydrogen) atoms. The SMILES string of the molecule is Cc1ccc(C2C(C(=O)c3ccco3)=C(O)C(=O)N2CCN2CCCC2)cc1. The number of hydrogen-bond donors (Lipinski definition) is 1. The van der Waals surface area contributed by atoms with E-state index in [4.69, 9.17) is 4.42 Å². The maximum Gasteiger partial charge on any atom is 0.290 e. The molecule has 0 bridgehead atoms. The lowest BCUT2D eigenvalue weighted by Crippen LogP contribution is -2.37. The van der Waals surface area contributed by atoms with Gasteiger partial charge in [0.25, 0.3) is 5.91 Å². The Hall–Kier alpha value is -2.86. The van der Waals surface area contributed by atoms with Gasteiger partial charge in [0, 0.05) is 13.1 Å². The molecular weight excluding hydrogens is 356 g/mol. The van der Waals surface area contributed by atoms with Crippen molar-refractivity contribution < 1.29 is 19.1 Å². The second-order valence-electron chi connectivity index (χ2n) is 7.43. The molecule has 2 aromatic rings. The quantitative estimate of drug-likeness (QED) is 0.779. The van der Waals surface area contributed by atoms with Crippen LogP contribution in [0.4, 0.5) is 0 Å². The number of ketones is 1. The highest BCUT2D eigenvalue weighted by molar-refractivity contribution is 6.15. The Bertz CT molecular complexity index is 893. The molecule has 3 heterocycles. The molecule has 1 N–H and O–H groups in total. The van der Waals surface area contributed by atoms with Crippen molar-refractivity contribution in [3.05, 3.63) is 70.9 Å². The number of carbonyl (C=O) groups is 2. The van der Waals surface area contributed by atoms with E-state index in [2.05, 4.69) is 4.90 Å². The topological polar surface area (TPSA) is 74.0 Å². The number of benzene rings is 1. The molecule has 1 saturated heterocycles. The van der Waals surface area contributed by atoms with Crippen LogP contribution in [0.5, 0.6) is 0 Å². The zero-order chi connectivity index (χ0) is 19.7. The third kappa shape index (κ3) is 3.36. The fourth-order valence-electron chi connectivity index (χ4n) is 4.01. The number of hydrogen-bond acceptors (Lipinski definition) is 5. The number of aliphatic hydroxyl groups is 1. The van der Waals surface area contributed by atoms with Gasteiger partial charge in [0.05, 0.1) is 17.9 Å². The van der Waals surface area contributed by atoms with Crippen LogP contribution < -0.4 is 0 Å². The summed E-state index contributed by atoms with van der Waals surface area (Å²) in [6.45, 7) is 5.21. The zero-order valence-corrected chi connectivity index (χ0v) is 15.9. The molecule has 1 aromatic carbocycles. The number of rotatable bonds is 6. The van der Waals surface area contributed by atoms with Crippen LogP contribution in [0.15, 0.2) is 58.4 Å². The van der Waals surface area contributed by atoms with Gasteiger partial charge in [-0.1, -0.05) is 29.8 Å². The first-order valence-corrected chi connectivity index (χ1v) is 9.67. The van der Waals surface area contributed by atoms with E-state index in [1.807, 2.05) is 31.2 Å². The second kappa shape index (κ2) is 7.64. The Morgan fingerprint density at radius 2 is 1.86 bits per heavy atom. The van der Waals surface area contributed by atoms with Crippen LogP contribution in [0.1, 0.15) is 40.6 Å². The van der Waals surface area contributed by atoms with Gasteiger partial charge in [-0.15, -0.1) is 0 Å². The van der Waals surface area contributed by atoms with Crippen LogP contribution in [-0.4, -0.2) is 52.8 Å². The highest BCUT2D eigenvalue weighted by atomic mass is 16.3. The van der Waals surface area contributed by atoms with Crippen LogP contribution in [0, 0.1) is 6.92 Å². The number of furan rings is 1. The highest BCUT2D eigenvalue weighted by Crippen LogP contribution is 2.39. The van der Waals surface area contributed by atoms with Crippen molar-refractivity contribution in [3.8, 4) is 0 Å². The molecule has 0 saturated carbocycles. The Morgan fingerprint density at radius 3 is 2.50 bits per heavy atom. The summed E-state index contributed by atoms with van der Waals surface area (Å²) in [6, 6.07) is 10.3. The number of aliphatic hydroxyl groups excluding tert-OH is 1. The third-order valence-corrected chi connectivity index (χ3v) is 5.54. The van der Waals surface area contributed by atoms with Gasteiger partial charge in [-0.05, 0) is 50.6 Å². The van der Waals surface area contributed by atoms with Gasteiger partial charge in [-0.25, -0.2) is 0 Å². The Morgan fingerprint density at radius 1 is 1.14 bits per heavy atom. The summed E-state index contributed by atoms with van der Waals surface area (Å²) in [4.78, 5) is 29.8. The molecular formula is C22H24N2O4. The number of aryl methyl sites for hydroxylation is 1. The predicted molar refractivity (Wildman–Crippen MR) is 104 cm³/mol. The largest absolute Gasteiger partial charge is 0.503 e. The molecule has 1 aromatic heterocycles. The van der Waals surface area contributed by atoms with E-state index in [9.17, 15) is 14.7 Å². The van der Waals surface area contributed by atoms with E-state index in [0.717, 1.165) is 30.8 Å². The Kier molecular flexibility index (Phi) is 5.05. The zero-order valence-electron chi connectivity index (χ0n) is 15.9. The van der Waals surface area contributed by atoms with Crippen molar-refractivity contribution in [2.24, 2.45) is 0 Å². The number of Topliss-reactive ketones (excluding diaryl/α,β-unsaturated/α-hetero) is 1.